The van der Waals surface area contributed by atoms with Gasteiger partial charge in [-0.2, -0.15) is 5.10 Å². The van der Waals surface area contributed by atoms with Crippen LogP contribution in [0.15, 0.2) is 41.5 Å². The largest absolute Gasteiger partial charge is 0.506 e. The molecule has 22 heavy (non-hydrogen) atoms. The zero-order valence-electron chi connectivity index (χ0n) is 11.6. The van der Waals surface area contributed by atoms with E-state index in [0.717, 1.165) is 0 Å². The number of rotatable bonds is 4. The highest BCUT2D eigenvalue weighted by Crippen LogP contribution is 2.29. The second-order valence-corrected chi connectivity index (χ2v) is 5.16. The van der Waals surface area contributed by atoms with E-state index in [1.54, 1.807) is 25.2 Å². The Bertz CT molecular complexity index is 733. The van der Waals surface area contributed by atoms with Gasteiger partial charge in [-0.1, -0.05) is 35.3 Å². The van der Waals surface area contributed by atoms with E-state index < -0.39 is 0 Å². The maximum absolute atomic E-state index is 12.1. The van der Waals surface area contributed by atoms with E-state index in [9.17, 15) is 9.90 Å². The molecular formula is C15H13Cl2N3O2. The number of benzene rings is 2. The molecule has 2 aromatic carbocycles. The number of aromatic hydroxyl groups is 1. The molecule has 0 radical (unpaired) electrons. The van der Waals surface area contributed by atoms with Gasteiger partial charge in [0.15, 0.2) is 0 Å². The van der Waals surface area contributed by atoms with E-state index in [-0.39, 0.29) is 16.7 Å². The number of para-hydroxylation sites is 1. The molecule has 0 heterocycles. The molecule has 0 saturated heterocycles. The lowest BCUT2D eigenvalue weighted by Gasteiger charge is -2.07. The minimum Gasteiger partial charge on any atom is -0.506 e. The summed E-state index contributed by atoms with van der Waals surface area (Å²) in [7, 11) is 1.72. The van der Waals surface area contributed by atoms with Gasteiger partial charge in [-0.25, -0.2) is 5.43 Å². The SMILES string of the molecule is CNc1ccccc1C(=O)NN=Cc1cc(Cl)cc(Cl)c1O. The van der Waals surface area contributed by atoms with Gasteiger partial charge in [0.25, 0.3) is 5.91 Å². The second kappa shape index (κ2) is 7.15. The van der Waals surface area contributed by atoms with E-state index in [2.05, 4.69) is 15.8 Å². The van der Waals surface area contributed by atoms with E-state index in [4.69, 9.17) is 23.2 Å². The van der Waals surface area contributed by atoms with Crippen molar-refractivity contribution in [3.05, 3.63) is 57.6 Å². The lowest BCUT2D eigenvalue weighted by molar-refractivity contribution is 0.0956. The average Bonchev–Trinajstić information content (AvgIpc) is 2.51. The fraction of sp³-hybridized carbons (Fsp3) is 0.0667. The minimum atomic E-state index is -0.381. The normalized spacial score (nSPS) is 10.7. The number of carbonyl (C=O) groups is 1. The van der Waals surface area contributed by atoms with E-state index in [0.29, 0.717) is 21.8 Å². The van der Waals surface area contributed by atoms with Crippen molar-refractivity contribution >= 4 is 41.0 Å². The van der Waals surface area contributed by atoms with Crippen LogP contribution in [0.25, 0.3) is 0 Å². The summed E-state index contributed by atoms with van der Waals surface area (Å²) in [6.45, 7) is 0. The van der Waals surface area contributed by atoms with Gasteiger partial charge in [0.05, 0.1) is 16.8 Å². The molecule has 0 fully saturated rings. The van der Waals surface area contributed by atoms with E-state index in [1.165, 1.54) is 18.3 Å². The molecule has 2 rings (SSSR count). The number of hydrazone groups is 1. The van der Waals surface area contributed by atoms with Gasteiger partial charge in [0, 0.05) is 23.3 Å². The number of phenols is 1. The molecular weight excluding hydrogens is 325 g/mol. The number of nitrogens with zero attached hydrogens (tertiary/aromatic N) is 1. The zero-order chi connectivity index (χ0) is 16.1. The highest BCUT2D eigenvalue weighted by atomic mass is 35.5. The molecule has 2 aromatic rings. The Hall–Kier alpha value is -2.24. The van der Waals surface area contributed by atoms with Gasteiger partial charge in [0.2, 0.25) is 0 Å². The molecule has 7 heteroatoms. The molecule has 0 bridgehead atoms. The van der Waals surface area contributed by atoms with Crippen LogP contribution in [0.3, 0.4) is 0 Å². The molecule has 0 saturated carbocycles. The Kier molecular flexibility index (Phi) is 5.25. The Labute approximate surface area is 137 Å². The number of halogens is 2. The predicted molar refractivity (Wildman–Crippen MR) is 89.2 cm³/mol. The van der Waals surface area contributed by atoms with Gasteiger partial charge in [-0.05, 0) is 24.3 Å². The van der Waals surface area contributed by atoms with Crippen molar-refractivity contribution in [2.24, 2.45) is 5.10 Å². The molecule has 5 nitrogen and oxygen atoms in total. The zero-order valence-corrected chi connectivity index (χ0v) is 13.1. The fourth-order valence-corrected chi connectivity index (χ4v) is 2.31. The first-order valence-corrected chi connectivity index (χ1v) is 7.06. The quantitative estimate of drug-likeness (QED) is 0.590. The summed E-state index contributed by atoms with van der Waals surface area (Å²) in [6.07, 6.45) is 1.27. The second-order valence-electron chi connectivity index (χ2n) is 4.32. The summed E-state index contributed by atoms with van der Waals surface area (Å²) in [4.78, 5) is 12.1. The minimum absolute atomic E-state index is 0.112. The molecule has 0 aromatic heterocycles. The number of anilines is 1. The van der Waals surface area contributed by atoms with Crippen molar-refractivity contribution in [1.82, 2.24) is 5.43 Å². The fourth-order valence-electron chi connectivity index (χ4n) is 1.80. The highest BCUT2D eigenvalue weighted by molar-refractivity contribution is 6.36. The smallest absolute Gasteiger partial charge is 0.273 e. The topological polar surface area (TPSA) is 73.7 Å². The number of phenolic OH excluding ortho intramolecular Hbond substituents is 1. The van der Waals surface area contributed by atoms with E-state index in [1.807, 2.05) is 6.07 Å². The number of nitrogens with one attached hydrogen (secondary N) is 2. The van der Waals surface area contributed by atoms with Crippen molar-refractivity contribution in [3.63, 3.8) is 0 Å². The lowest BCUT2D eigenvalue weighted by atomic mass is 10.1. The predicted octanol–water partition coefficient (Wildman–Crippen LogP) is 3.50. The molecule has 1 amide bonds. The standard InChI is InChI=1S/C15H13Cl2N3O2/c1-18-13-5-3-2-4-11(13)15(22)20-19-8-9-6-10(16)7-12(17)14(9)21/h2-8,18,21H,1H3,(H,20,22). The number of carbonyl (C=O) groups excluding carboxylic acids is 1. The number of amides is 1. The van der Waals surface area contributed by atoms with Crippen LogP contribution >= 0.6 is 23.2 Å². The maximum atomic E-state index is 12.1. The van der Waals surface area contributed by atoms with Crippen molar-refractivity contribution in [2.75, 3.05) is 12.4 Å². The summed E-state index contributed by atoms with van der Waals surface area (Å²) in [5, 5.41) is 17.0. The van der Waals surface area contributed by atoms with Crippen LogP contribution in [0, 0.1) is 0 Å². The molecule has 0 aliphatic carbocycles. The lowest BCUT2D eigenvalue weighted by Crippen LogP contribution is -2.19. The van der Waals surface area contributed by atoms with Gasteiger partial charge in [-0.15, -0.1) is 0 Å². The molecule has 0 unspecified atom stereocenters. The molecule has 0 aliphatic heterocycles. The Balaban J connectivity index is 2.14. The summed E-state index contributed by atoms with van der Waals surface area (Å²) in [5.41, 5.74) is 3.83. The van der Waals surface area contributed by atoms with Crippen molar-refractivity contribution in [2.45, 2.75) is 0 Å². The third-order valence-electron chi connectivity index (χ3n) is 2.87. The maximum Gasteiger partial charge on any atom is 0.273 e. The first-order valence-electron chi connectivity index (χ1n) is 6.31. The Morgan fingerprint density at radius 1 is 1.27 bits per heavy atom. The van der Waals surface area contributed by atoms with Crippen LogP contribution in [0.1, 0.15) is 15.9 Å². The molecule has 0 spiro atoms. The third kappa shape index (κ3) is 3.69. The third-order valence-corrected chi connectivity index (χ3v) is 3.37. The molecule has 114 valence electrons. The molecule has 0 atom stereocenters. The van der Waals surface area contributed by atoms with Crippen LogP contribution in [-0.2, 0) is 0 Å². The summed E-state index contributed by atoms with van der Waals surface area (Å²) in [6, 6.07) is 9.92. The first kappa shape index (κ1) is 16.1. The van der Waals surface area contributed by atoms with Crippen molar-refractivity contribution in [1.29, 1.82) is 0 Å². The highest BCUT2D eigenvalue weighted by Gasteiger charge is 2.09. The monoisotopic (exact) mass is 337 g/mol. The Morgan fingerprint density at radius 2 is 2.00 bits per heavy atom. The van der Waals surface area contributed by atoms with Crippen LogP contribution in [0.5, 0.6) is 5.75 Å². The average molecular weight is 338 g/mol. The molecule has 0 aliphatic rings. The van der Waals surface area contributed by atoms with Gasteiger partial charge >= 0.3 is 0 Å². The summed E-state index contributed by atoms with van der Waals surface area (Å²) >= 11 is 11.7. The molecule has 3 N–H and O–H groups in total. The van der Waals surface area contributed by atoms with Crippen LogP contribution in [-0.4, -0.2) is 24.3 Å². The van der Waals surface area contributed by atoms with Crippen molar-refractivity contribution < 1.29 is 9.90 Å². The van der Waals surface area contributed by atoms with Gasteiger partial charge < -0.3 is 10.4 Å². The summed E-state index contributed by atoms with van der Waals surface area (Å²) < 4.78 is 0. The van der Waals surface area contributed by atoms with Crippen LogP contribution in [0.4, 0.5) is 5.69 Å². The van der Waals surface area contributed by atoms with Gasteiger partial charge in [0.1, 0.15) is 5.75 Å². The van der Waals surface area contributed by atoms with Crippen molar-refractivity contribution in [3.8, 4) is 5.75 Å². The first-order chi connectivity index (χ1) is 10.5. The number of hydrogen-bond acceptors (Lipinski definition) is 4. The van der Waals surface area contributed by atoms with Crippen LogP contribution in [0.2, 0.25) is 10.0 Å². The van der Waals surface area contributed by atoms with Crippen LogP contribution < -0.4 is 10.7 Å². The van der Waals surface area contributed by atoms with E-state index >= 15 is 0 Å². The van der Waals surface area contributed by atoms with Gasteiger partial charge in [-0.3, -0.25) is 4.79 Å². The summed E-state index contributed by atoms with van der Waals surface area (Å²) in [5.74, 6) is -0.534. The Morgan fingerprint density at radius 3 is 2.73 bits per heavy atom. The number of hydrogen-bond donors (Lipinski definition) is 3.